The second-order valence-electron chi connectivity index (χ2n) is 6.58. The lowest BCUT2D eigenvalue weighted by Gasteiger charge is -2.38. The number of hydrogen-bond acceptors (Lipinski definition) is 4. The number of hydrogen-bond donors (Lipinski definition) is 1. The van der Waals surface area contributed by atoms with Gasteiger partial charge in [-0.1, -0.05) is 29.8 Å². The van der Waals surface area contributed by atoms with Gasteiger partial charge in [-0.25, -0.2) is 4.98 Å². The molecule has 0 saturated carbocycles. The van der Waals surface area contributed by atoms with Gasteiger partial charge in [-0.05, 0) is 24.6 Å². The first kappa shape index (κ1) is 19.2. The van der Waals surface area contributed by atoms with Crippen LogP contribution in [0.3, 0.4) is 0 Å². The number of aromatic nitrogens is 1. The van der Waals surface area contributed by atoms with E-state index < -0.39 is 23.8 Å². The molecule has 8 heteroatoms. The van der Waals surface area contributed by atoms with Crippen LogP contribution in [0.2, 0.25) is 0 Å². The van der Waals surface area contributed by atoms with Gasteiger partial charge in [0.15, 0.2) is 0 Å². The lowest BCUT2D eigenvalue weighted by atomic mass is 10.0. The highest BCUT2D eigenvalue weighted by Crippen LogP contribution is 2.30. The smallest absolute Gasteiger partial charge is 0.417 e. The summed E-state index contributed by atoms with van der Waals surface area (Å²) in [4.78, 5) is 19.4. The lowest BCUT2D eigenvalue weighted by molar-refractivity contribution is -0.143. The van der Waals surface area contributed by atoms with Gasteiger partial charge in [0.2, 0.25) is 0 Å². The first-order chi connectivity index (χ1) is 12.8. The summed E-state index contributed by atoms with van der Waals surface area (Å²) < 4.78 is 37.9. The highest BCUT2D eigenvalue weighted by molar-refractivity contribution is 5.75. The molecule has 1 N–H and O–H groups in total. The molecule has 1 atom stereocenters. The SMILES string of the molecule is Cc1ccc([C@@H](C(=O)O)N2CCN(c3ccc(C(F)(F)F)cn3)CC2)cc1. The fourth-order valence-corrected chi connectivity index (χ4v) is 3.21. The normalized spacial score (nSPS) is 17.0. The third-order valence-corrected chi connectivity index (χ3v) is 4.71. The van der Waals surface area contributed by atoms with Crippen molar-refractivity contribution in [1.82, 2.24) is 9.88 Å². The molecule has 1 fully saturated rings. The van der Waals surface area contributed by atoms with Crippen molar-refractivity contribution in [3.8, 4) is 0 Å². The van der Waals surface area contributed by atoms with Gasteiger partial charge in [-0.2, -0.15) is 13.2 Å². The molecule has 3 rings (SSSR count). The molecular weight excluding hydrogens is 359 g/mol. The number of carboxylic acid groups (broad SMARTS) is 1. The third kappa shape index (κ3) is 4.39. The third-order valence-electron chi connectivity index (χ3n) is 4.71. The van der Waals surface area contributed by atoms with Crippen LogP contribution in [0.4, 0.5) is 19.0 Å². The van der Waals surface area contributed by atoms with Crippen LogP contribution in [0.25, 0.3) is 0 Å². The zero-order valence-corrected chi connectivity index (χ0v) is 14.8. The minimum atomic E-state index is -4.41. The molecule has 0 amide bonds. The number of aliphatic carboxylic acids is 1. The maximum absolute atomic E-state index is 12.6. The zero-order chi connectivity index (χ0) is 19.6. The number of carbonyl (C=O) groups is 1. The Morgan fingerprint density at radius 1 is 1.07 bits per heavy atom. The van der Waals surface area contributed by atoms with Gasteiger partial charge < -0.3 is 10.0 Å². The summed E-state index contributed by atoms with van der Waals surface area (Å²) in [6.45, 7) is 3.89. The van der Waals surface area contributed by atoms with Crippen LogP contribution in [-0.4, -0.2) is 47.1 Å². The highest BCUT2D eigenvalue weighted by atomic mass is 19.4. The van der Waals surface area contributed by atoms with Crippen LogP contribution in [-0.2, 0) is 11.0 Å². The van der Waals surface area contributed by atoms with Gasteiger partial charge in [0.05, 0.1) is 5.56 Å². The molecule has 0 radical (unpaired) electrons. The monoisotopic (exact) mass is 379 g/mol. The minimum absolute atomic E-state index is 0.463. The number of piperazine rings is 1. The number of halogens is 3. The predicted octanol–water partition coefficient (Wildman–Crippen LogP) is 3.36. The van der Waals surface area contributed by atoms with E-state index in [2.05, 4.69) is 4.98 Å². The van der Waals surface area contributed by atoms with Crippen molar-refractivity contribution in [2.45, 2.75) is 19.1 Å². The van der Waals surface area contributed by atoms with Crippen LogP contribution in [0.15, 0.2) is 42.6 Å². The van der Waals surface area contributed by atoms with Gasteiger partial charge in [-0.15, -0.1) is 0 Å². The van der Waals surface area contributed by atoms with Gasteiger partial charge in [-0.3, -0.25) is 9.69 Å². The molecule has 1 aromatic heterocycles. The number of nitrogens with zero attached hydrogens (tertiary/aromatic N) is 3. The summed E-state index contributed by atoms with van der Waals surface area (Å²) in [6, 6.07) is 9.03. The summed E-state index contributed by atoms with van der Waals surface area (Å²) in [5.41, 5.74) is 0.991. The summed E-state index contributed by atoms with van der Waals surface area (Å²) >= 11 is 0. The molecule has 0 aliphatic carbocycles. The topological polar surface area (TPSA) is 56.7 Å². The van der Waals surface area contributed by atoms with Crippen LogP contribution < -0.4 is 4.90 Å². The molecular formula is C19H20F3N3O2. The molecule has 0 spiro atoms. The van der Waals surface area contributed by atoms with Crippen LogP contribution in [0.5, 0.6) is 0 Å². The second kappa shape index (κ2) is 7.56. The number of carboxylic acids is 1. The molecule has 144 valence electrons. The van der Waals surface area contributed by atoms with Crippen LogP contribution in [0.1, 0.15) is 22.7 Å². The second-order valence-corrected chi connectivity index (χ2v) is 6.58. The molecule has 0 bridgehead atoms. The average molecular weight is 379 g/mol. The Bertz CT molecular complexity index is 783. The van der Waals surface area contributed by atoms with E-state index in [4.69, 9.17) is 0 Å². The lowest BCUT2D eigenvalue weighted by Crippen LogP contribution is -2.49. The van der Waals surface area contributed by atoms with Gasteiger partial charge in [0.1, 0.15) is 11.9 Å². The maximum Gasteiger partial charge on any atom is 0.417 e. The number of alkyl halides is 3. The Hall–Kier alpha value is -2.61. The Kier molecular flexibility index (Phi) is 5.36. The molecule has 0 unspecified atom stereocenters. The van der Waals surface area contributed by atoms with Gasteiger partial charge >= 0.3 is 12.1 Å². The quantitative estimate of drug-likeness (QED) is 0.883. The van der Waals surface area contributed by atoms with E-state index in [1.54, 1.807) is 0 Å². The number of rotatable bonds is 4. The van der Waals surface area contributed by atoms with Crippen molar-refractivity contribution < 1.29 is 23.1 Å². The fourth-order valence-electron chi connectivity index (χ4n) is 3.21. The van der Waals surface area contributed by atoms with E-state index in [1.807, 2.05) is 41.0 Å². The van der Waals surface area contributed by atoms with Crippen molar-refractivity contribution >= 4 is 11.8 Å². The standard InChI is InChI=1S/C19H20F3N3O2/c1-13-2-4-14(5-3-13)17(18(26)27)25-10-8-24(9-11-25)16-7-6-15(12-23-16)19(20,21)22/h2-7,12,17H,8-11H2,1H3,(H,26,27)/t17-/m0/s1. The van der Waals surface area contributed by atoms with E-state index in [0.29, 0.717) is 37.6 Å². The molecule has 1 saturated heterocycles. The van der Waals surface area contributed by atoms with Crippen molar-refractivity contribution in [1.29, 1.82) is 0 Å². The van der Waals surface area contributed by atoms with Crippen molar-refractivity contribution in [2.75, 3.05) is 31.1 Å². The number of benzene rings is 1. The first-order valence-electron chi connectivity index (χ1n) is 8.57. The van der Waals surface area contributed by atoms with Crippen LogP contribution >= 0.6 is 0 Å². The largest absolute Gasteiger partial charge is 0.480 e. The van der Waals surface area contributed by atoms with Crippen molar-refractivity contribution in [3.63, 3.8) is 0 Å². The van der Waals surface area contributed by atoms with Crippen LogP contribution in [0, 0.1) is 6.92 Å². The summed E-state index contributed by atoms with van der Waals surface area (Å²) in [7, 11) is 0. The molecule has 1 aromatic carbocycles. The Morgan fingerprint density at radius 3 is 2.19 bits per heavy atom. The van der Waals surface area contributed by atoms with E-state index in [-0.39, 0.29) is 0 Å². The van der Waals surface area contributed by atoms with E-state index in [1.165, 1.54) is 6.07 Å². The number of anilines is 1. The number of aryl methyl sites for hydroxylation is 1. The molecule has 1 aliphatic rings. The van der Waals surface area contributed by atoms with Gasteiger partial charge in [0.25, 0.3) is 0 Å². The first-order valence-corrected chi connectivity index (χ1v) is 8.57. The fraction of sp³-hybridized carbons (Fsp3) is 0.368. The van der Waals surface area contributed by atoms with Crippen molar-refractivity contribution in [3.05, 3.63) is 59.3 Å². The summed E-state index contributed by atoms with van der Waals surface area (Å²) in [5.74, 6) is -0.454. The molecule has 2 heterocycles. The van der Waals surface area contributed by atoms with E-state index >= 15 is 0 Å². The molecule has 1 aliphatic heterocycles. The molecule has 27 heavy (non-hydrogen) atoms. The average Bonchev–Trinajstić information content (AvgIpc) is 2.63. The number of pyridine rings is 1. The zero-order valence-electron chi connectivity index (χ0n) is 14.8. The highest BCUT2D eigenvalue weighted by Gasteiger charge is 2.32. The van der Waals surface area contributed by atoms with E-state index in [9.17, 15) is 23.1 Å². The maximum atomic E-state index is 12.6. The summed E-state index contributed by atoms with van der Waals surface area (Å²) in [5, 5.41) is 9.66. The molecule has 2 aromatic rings. The Balaban J connectivity index is 1.68. The Labute approximate surface area is 155 Å². The predicted molar refractivity (Wildman–Crippen MR) is 94.6 cm³/mol. The summed E-state index contributed by atoms with van der Waals surface area (Å²) in [6.07, 6.45) is -3.58. The molecule has 5 nitrogen and oxygen atoms in total. The van der Waals surface area contributed by atoms with Gasteiger partial charge in [0, 0.05) is 32.4 Å². The van der Waals surface area contributed by atoms with Crippen molar-refractivity contribution in [2.24, 2.45) is 0 Å². The minimum Gasteiger partial charge on any atom is -0.480 e. The van der Waals surface area contributed by atoms with E-state index in [0.717, 1.165) is 17.8 Å². The Morgan fingerprint density at radius 2 is 1.70 bits per heavy atom.